The van der Waals surface area contributed by atoms with Gasteiger partial charge in [0.15, 0.2) is 0 Å². The molecule has 0 spiro atoms. The standard InChI is InChI=1S/C21H21N3O3S/c25-19(15-13-26-16-8-3-2-7-14(15)16)23-21(10-4-1-5-11-21)20-22-18(24-27-20)17-9-6-12-28-17/h2-3,6-9,12,15H,1,4-5,10-11,13H2,(H,23,25)/t15-/m1/s1. The van der Waals surface area contributed by atoms with Gasteiger partial charge in [-0.25, -0.2) is 0 Å². The summed E-state index contributed by atoms with van der Waals surface area (Å²) in [5.74, 6) is 1.53. The lowest BCUT2D eigenvalue weighted by Crippen LogP contribution is -2.49. The predicted octanol–water partition coefficient (Wildman–Crippen LogP) is 4.25. The van der Waals surface area contributed by atoms with Crippen LogP contribution >= 0.6 is 11.3 Å². The van der Waals surface area contributed by atoms with Gasteiger partial charge in [-0.05, 0) is 30.4 Å². The SMILES string of the molecule is O=C(NC1(c2nc(-c3cccs3)no2)CCCCC1)[C@@H]1COc2ccccc21. The molecule has 1 atom stereocenters. The van der Waals surface area contributed by atoms with E-state index in [0.29, 0.717) is 18.3 Å². The van der Waals surface area contributed by atoms with Gasteiger partial charge >= 0.3 is 0 Å². The van der Waals surface area contributed by atoms with Crippen molar-refractivity contribution in [2.24, 2.45) is 0 Å². The molecule has 1 saturated carbocycles. The Morgan fingerprint density at radius 2 is 2.00 bits per heavy atom. The minimum Gasteiger partial charge on any atom is -0.492 e. The van der Waals surface area contributed by atoms with Crippen molar-refractivity contribution in [3.05, 3.63) is 53.2 Å². The van der Waals surface area contributed by atoms with Gasteiger partial charge in [-0.3, -0.25) is 4.79 Å². The van der Waals surface area contributed by atoms with Crippen molar-refractivity contribution in [2.45, 2.75) is 43.6 Å². The van der Waals surface area contributed by atoms with E-state index < -0.39 is 5.54 Å². The van der Waals surface area contributed by atoms with Crippen LogP contribution in [0.5, 0.6) is 5.75 Å². The lowest BCUT2D eigenvalue weighted by molar-refractivity contribution is -0.125. The van der Waals surface area contributed by atoms with Crippen LogP contribution in [-0.4, -0.2) is 22.7 Å². The molecular weight excluding hydrogens is 374 g/mol. The summed E-state index contributed by atoms with van der Waals surface area (Å²) in [5, 5.41) is 9.43. The second-order valence-corrected chi connectivity index (χ2v) is 8.38. The molecule has 1 amide bonds. The molecule has 28 heavy (non-hydrogen) atoms. The molecule has 144 valence electrons. The topological polar surface area (TPSA) is 77.3 Å². The number of nitrogens with one attached hydrogen (secondary N) is 1. The molecule has 1 aliphatic carbocycles. The summed E-state index contributed by atoms with van der Waals surface area (Å²) in [6.07, 6.45) is 4.81. The summed E-state index contributed by atoms with van der Waals surface area (Å²) in [7, 11) is 0. The first-order valence-electron chi connectivity index (χ1n) is 9.67. The Morgan fingerprint density at radius 1 is 1.14 bits per heavy atom. The van der Waals surface area contributed by atoms with Crippen molar-refractivity contribution in [3.63, 3.8) is 0 Å². The number of aromatic nitrogens is 2. The van der Waals surface area contributed by atoms with Crippen molar-refractivity contribution in [2.75, 3.05) is 6.61 Å². The van der Waals surface area contributed by atoms with Gasteiger partial charge in [0.1, 0.15) is 23.8 Å². The Balaban J connectivity index is 1.43. The fourth-order valence-corrected chi connectivity index (χ4v) is 4.82. The number of ether oxygens (including phenoxy) is 1. The van der Waals surface area contributed by atoms with E-state index in [-0.39, 0.29) is 11.8 Å². The average molecular weight is 395 g/mol. The minimum absolute atomic E-state index is 0.0391. The first-order chi connectivity index (χ1) is 13.8. The highest BCUT2D eigenvalue weighted by Crippen LogP contribution is 2.39. The van der Waals surface area contributed by atoms with Crippen molar-refractivity contribution in [3.8, 4) is 16.5 Å². The number of nitrogens with zero attached hydrogens (tertiary/aromatic N) is 2. The molecule has 0 unspecified atom stereocenters. The fraction of sp³-hybridized carbons (Fsp3) is 0.381. The molecule has 0 bridgehead atoms. The maximum absolute atomic E-state index is 13.2. The highest BCUT2D eigenvalue weighted by atomic mass is 32.1. The van der Waals surface area contributed by atoms with Crippen molar-refractivity contribution in [1.29, 1.82) is 0 Å². The zero-order chi connectivity index (χ0) is 19.0. The van der Waals surface area contributed by atoms with E-state index >= 15 is 0 Å². The van der Waals surface area contributed by atoms with Crippen LogP contribution in [0, 0.1) is 0 Å². The molecule has 6 nitrogen and oxygen atoms in total. The van der Waals surface area contributed by atoms with Gasteiger partial charge < -0.3 is 14.6 Å². The molecule has 3 heterocycles. The molecule has 0 saturated heterocycles. The Bertz CT molecular complexity index is 976. The monoisotopic (exact) mass is 395 g/mol. The van der Waals surface area contributed by atoms with Crippen LogP contribution in [0.25, 0.3) is 10.7 Å². The van der Waals surface area contributed by atoms with E-state index in [1.165, 1.54) is 0 Å². The van der Waals surface area contributed by atoms with Gasteiger partial charge in [0.25, 0.3) is 5.89 Å². The van der Waals surface area contributed by atoms with Crippen LogP contribution in [-0.2, 0) is 10.3 Å². The van der Waals surface area contributed by atoms with Crippen LogP contribution in [0.1, 0.15) is 49.5 Å². The third-order valence-electron chi connectivity index (χ3n) is 5.66. The Kier molecular flexibility index (Phi) is 4.39. The largest absolute Gasteiger partial charge is 0.492 e. The summed E-state index contributed by atoms with van der Waals surface area (Å²) in [4.78, 5) is 18.8. The quantitative estimate of drug-likeness (QED) is 0.715. The average Bonchev–Trinajstić information content (AvgIpc) is 3.48. The third-order valence-corrected chi connectivity index (χ3v) is 6.53. The van der Waals surface area contributed by atoms with E-state index in [9.17, 15) is 4.79 Å². The Labute approximate surface area is 166 Å². The number of benzene rings is 1. The van der Waals surface area contributed by atoms with Crippen molar-refractivity contribution >= 4 is 17.2 Å². The third kappa shape index (κ3) is 2.99. The molecule has 3 aromatic rings. The molecule has 7 heteroatoms. The zero-order valence-electron chi connectivity index (χ0n) is 15.4. The van der Waals surface area contributed by atoms with Crippen LogP contribution in [0.2, 0.25) is 0 Å². The number of carbonyl (C=O) groups excluding carboxylic acids is 1. The van der Waals surface area contributed by atoms with E-state index in [1.54, 1.807) is 11.3 Å². The normalized spacial score (nSPS) is 20.4. The van der Waals surface area contributed by atoms with E-state index in [0.717, 1.165) is 48.3 Å². The van der Waals surface area contributed by atoms with Crippen LogP contribution in [0.4, 0.5) is 0 Å². The number of hydrogen-bond acceptors (Lipinski definition) is 6. The van der Waals surface area contributed by atoms with E-state index in [4.69, 9.17) is 9.26 Å². The maximum atomic E-state index is 13.2. The number of amides is 1. The van der Waals surface area contributed by atoms with E-state index in [2.05, 4.69) is 15.5 Å². The lowest BCUT2D eigenvalue weighted by atomic mass is 9.81. The predicted molar refractivity (Wildman–Crippen MR) is 105 cm³/mol. The van der Waals surface area contributed by atoms with Crippen LogP contribution in [0.15, 0.2) is 46.3 Å². The maximum Gasteiger partial charge on any atom is 0.252 e. The molecule has 0 radical (unpaired) electrons. The lowest BCUT2D eigenvalue weighted by Gasteiger charge is -2.35. The van der Waals surface area contributed by atoms with Crippen molar-refractivity contribution < 1.29 is 14.1 Å². The molecule has 5 rings (SSSR count). The molecule has 1 aliphatic heterocycles. The molecule has 1 N–H and O–H groups in total. The number of rotatable bonds is 4. The van der Waals surface area contributed by atoms with Gasteiger partial charge in [-0.15, -0.1) is 11.3 Å². The summed E-state index contributed by atoms with van der Waals surface area (Å²) in [6.45, 7) is 0.367. The Hall–Kier alpha value is -2.67. The van der Waals surface area contributed by atoms with Crippen molar-refractivity contribution in [1.82, 2.24) is 15.5 Å². The van der Waals surface area contributed by atoms with Gasteiger partial charge in [-0.2, -0.15) is 4.98 Å². The second kappa shape index (κ2) is 7.05. The first kappa shape index (κ1) is 17.4. The number of hydrogen-bond donors (Lipinski definition) is 1. The number of thiophene rings is 1. The summed E-state index contributed by atoms with van der Waals surface area (Å²) in [5.41, 5.74) is 0.339. The molecule has 1 aromatic carbocycles. The second-order valence-electron chi connectivity index (χ2n) is 7.43. The highest BCUT2D eigenvalue weighted by molar-refractivity contribution is 7.13. The van der Waals surface area contributed by atoms with Gasteiger partial charge in [0, 0.05) is 5.56 Å². The fourth-order valence-electron chi connectivity index (χ4n) is 4.17. The highest BCUT2D eigenvalue weighted by Gasteiger charge is 2.43. The van der Waals surface area contributed by atoms with Gasteiger partial charge in [0.2, 0.25) is 11.7 Å². The summed E-state index contributed by atoms with van der Waals surface area (Å²) in [6, 6.07) is 11.7. The molecule has 2 aromatic heterocycles. The Morgan fingerprint density at radius 3 is 2.82 bits per heavy atom. The minimum atomic E-state index is -0.602. The molecule has 1 fully saturated rings. The zero-order valence-corrected chi connectivity index (χ0v) is 16.2. The van der Waals surface area contributed by atoms with E-state index in [1.807, 2.05) is 41.8 Å². The summed E-state index contributed by atoms with van der Waals surface area (Å²) < 4.78 is 11.4. The smallest absolute Gasteiger partial charge is 0.252 e. The number of carbonyl (C=O) groups is 1. The van der Waals surface area contributed by atoms with Crippen LogP contribution in [0.3, 0.4) is 0 Å². The first-order valence-corrected chi connectivity index (χ1v) is 10.5. The molecular formula is C21H21N3O3S. The summed E-state index contributed by atoms with van der Waals surface area (Å²) >= 11 is 1.57. The van der Waals surface area contributed by atoms with Gasteiger partial charge in [0.05, 0.1) is 4.88 Å². The number of para-hydroxylation sites is 1. The molecule has 2 aliphatic rings. The van der Waals surface area contributed by atoms with Crippen LogP contribution < -0.4 is 10.1 Å². The van der Waals surface area contributed by atoms with Gasteiger partial charge in [-0.1, -0.05) is 48.7 Å². The number of fused-ring (bicyclic) bond motifs is 1.